The first kappa shape index (κ1) is 22.5. The molecular weight excluding hydrogens is 468 g/mol. The van der Waals surface area contributed by atoms with Crippen molar-refractivity contribution in [2.75, 3.05) is 16.3 Å². The highest BCUT2D eigenvalue weighted by molar-refractivity contribution is 6.22. The molecule has 2 heterocycles. The molecule has 2 aromatic rings. The maximum absolute atomic E-state index is 13.4. The van der Waals surface area contributed by atoms with E-state index in [1.54, 1.807) is 29.2 Å². The molecule has 37 heavy (non-hydrogen) atoms. The molecule has 2 aliphatic heterocycles. The van der Waals surface area contributed by atoms with E-state index in [9.17, 15) is 19.2 Å². The molecule has 2 bridgehead atoms. The average molecular weight is 497 g/mol. The van der Waals surface area contributed by atoms with Gasteiger partial charge in [0.05, 0.1) is 23.4 Å². The Hall–Kier alpha value is -3.74. The van der Waals surface area contributed by atoms with E-state index in [-0.39, 0.29) is 60.1 Å². The fraction of sp³-hybridized carbons (Fsp3) is 0.400. The first-order valence-electron chi connectivity index (χ1n) is 13.1. The first-order valence-corrected chi connectivity index (χ1v) is 13.1. The van der Waals surface area contributed by atoms with Crippen molar-refractivity contribution < 1.29 is 23.9 Å². The summed E-state index contributed by atoms with van der Waals surface area (Å²) in [6.07, 6.45) is 5.50. The van der Waals surface area contributed by atoms with Crippen molar-refractivity contribution in [3.05, 3.63) is 65.7 Å². The fourth-order valence-corrected chi connectivity index (χ4v) is 7.22. The van der Waals surface area contributed by atoms with Crippen molar-refractivity contribution in [2.45, 2.75) is 26.7 Å². The van der Waals surface area contributed by atoms with Crippen molar-refractivity contribution in [3.8, 4) is 5.75 Å². The number of carbonyl (C=O) groups excluding carboxylic acids is 4. The lowest BCUT2D eigenvalue weighted by Gasteiger charge is -2.37. The number of hydrogen-bond acceptors (Lipinski definition) is 5. The van der Waals surface area contributed by atoms with Gasteiger partial charge in [0, 0.05) is 24.7 Å². The van der Waals surface area contributed by atoms with Crippen LogP contribution in [0.25, 0.3) is 0 Å². The number of benzene rings is 2. The van der Waals surface area contributed by atoms with Crippen molar-refractivity contribution in [1.29, 1.82) is 0 Å². The highest BCUT2D eigenvalue weighted by Crippen LogP contribution is 2.65. The van der Waals surface area contributed by atoms with Gasteiger partial charge in [-0.2, -0.15) is 0 Å². The molecule has 0 radical (unpaired) electrons. The molecular formula is C30H28N2O5. The van der Waals surface area contributed by atoms with Crippen LogP contribution in [0.5, 0.6) is 5.75 Å². The summed E-state index contributed by atoms with van der Waals surface area (Å²) in [5.74, 6) is -0.393. The van der Waals surface area contributed by atoms with Crippen LogP contribution in [0.1, 0.15) is 24.0 Å². The van der Waals surface area contributed by atoms with E-state index in [1.165, 1.54) is 4.90 Å². The van der Waals surface area contributed by atoms with Gasteiger partial charge in [0.1, 0.15) is 5.75 Å². The molecule has 2 aromatic carbocycles. The van der Waals surface area contributed by atoms with Gasteiger partial charge in [-0.05, 0) is 73.3 Å². The zero-order valence-corrected chi connectivity index (χ0v) is 20.8. The zero-order chi connectivity index (χ0) is 25.6. The zero-order valence-electron chi connectivity index (χ0n) is 20.8. The maximum atomic E-state index is 13.4. The Bertz CT molecular complexity index is 1380. The number of amides is 3. The third kappa shape index (κ3) is 3.26. The van der Waals surface area contributed by atoms with Crippen LogP contribution in [0.3, 0.4) is 0 Å². The predicted molar refractivity (Wildman–Crippen MR) is 136 cm³/mol. The lowest BCUT2D eigenvalue weighted by Crippen LogP contribution is -2.40. The van der Waals surface area contributed by atoms with Crippen LogP contribution in [0, 0.1) is 55.3 Å². The van der Waals surface area contributed by atoms with E-state index in [1.807, 2.05) is 32.0 Å². The molecule has 4 fully saturated rings. The van der Waals surface area contributed by atoms with E-state index >= 15 is 0 Å². The Morgan fingerprint density at radius 1 is 0.919 bits per heavy atom. The van der Waals surface area contributed by atoms with Gasteiger partial charge in [0.2, 0.25) is 17.7 Å². The van der Waals surface area contributed by atoms with Crippen LogP contribution < -0.4 is 14.5 Å². The molecule has 0 spiro atoms. The van der Waals surface area contributed by atoms with Crippen LogP contribution in [-0.4, -0.2) is 30.2 Å². The molecule has 6 aliphatic rings. The monoisotopic (exact) mass is 496 g/mol. The summed E-state index contributed by atoms with van der Waals surface area (Å²) in [7, 11) is 0. The first-order chi connectivity index (χ1) is 17.8. The van der Waals surface area contributed by atoms with E-state index in [4.69, 9.17) is 4.74 Å². The third-order valence-corrected chi connectivity index (χ3v) is 9.28. The molecule has 188 valence electrons. The molecule has 7 heteroatoms. The molecule has 0 N–H and O–H groups in total. The Kier molecular flexibility index (Phi) is 4.78. The number of esters is 1. The molecule has 0 aromatic heterocycles. The van der Waals surface area contributed by atoms with Crippen molar-refractivity contribution in [1.82, 2.24) is 0 Å². The lowest BCUT2D eigenvalue weighted by molar-refractivity contribution is -0.139. The number of ether oxygens (including phenoxy) is 1. The van der Waals surface area contributed by atoms with Crippen LogP contribution in [0.2, 0.25) is 0 Å². The highest BCUT2D eigenvalue weighted by Gasteiger charge is 2.67. The summed E-state index contributed by atoms with van der Waals surface area (Å²) < 4.78 is 5.67. The Morgan fingerprint density at radius 3 is 2.30 bits per heavy atom. The number of rotatable bonds is 4. The van der Waals surface area contributed by atoms with Gasteiger partial charge >= 0.3 is 5.97 Å². The second-order valence-corrected chi connectivity index (χ2v) is 11.2. The molecule has 8 rings (SSSR count). The van der Waals surface area contributed by atoms with E-state index in [0.717, 1.165) is 23.2 Å². The van der Waals surface area contributed by atoms with E-state index in [0.29, 0.717) is 17.5 Å². The number of carbonyl (C=O) groups is 4. The van der Waals surface area contributed by atoms with Gasteiger partial charge in [0.25, 0.3) is 0 Å². The number of nitrogens with zero attached hydrogens (tertiary/aromatic N) is 2. The average Bonchev–Trinajstić information content (AvgIpc) is 3.56. The maximum Gasteiger partial charge on any atom is 0.316 e. The van der Waals surface area contributed by atoms with Gasteiger partial charge in [0.15, 0.2) is 0 Å². The minimum Gasteiger partial charge on any atom is -0.426 e. The SMILES string of the molecule is Cc1cccc(N2C[C@H](C(=O)Oc3cccc(N4C(=O)[C@@H]5[C@H]6C=C[C@@H]([C@@H]7C[C@@H]67)[C@@H]5C4=O)c3)CC2=O)c1C. The van der Waals surface area contributed by atoms with Crippen LogP contribution in [0.4, 0.5) is 11.4 Å². The quantitative estimate of drug-likeness (QED) is 0.278. The lowest BCUT2D eigenvalue weighted by atomic mass is 9.63. The normalized spacial score (nSPS) is 33.1. The van der Waals surface area contributed by atoms with Gasteiger partial charge in [-0.3, -0.25) is 19.2 Å². The largest absolute Gasteiger partial charge is 0.426 e. The number of allylic oxidation sites excluding steroid dienone is 2. The van der Waals surface area contributed by atoms with Crippen LogP contribution >= 0.6 is 0 Å². The highest BCUT2D eigenvalue weighted by atomic mass is 16.5. The van der Waals surface area contributed by atoms with E-state index in [2.05, 4.69) is 12.2 Å². The molecule has 3 amide bonds. The fourth-order valence-electron chi connectivity index (χ4n) is 7.22. The minimum atomic E-state index is -0.595. The second-order valence-electron chi connectivity index (χ2n) is 11.2. The third-order valence-electron chi connectivity index (χ3n) is 9.28. The molecule has 7 nitrogen and oxygen atoms in total. The number of anilines is 2. The summed E-state index contributed by atoms with van der Waals surface area (Å²) in [4.78, 5) is 55.6. The number of imide groups is 1. The number of aryl methyl sites for hydroxylation is 1. The van der Waals surface area contributed by atoms with Crippen LogP contribution in [0.15, 0.2) is 54.6 Å². The molecule has 2 saturated carbocycles. The summed E-state index contributed by atoms with van der Waals surface area (Å²) >= 11 is 0. The van der Waals surface area contributed by atoms with Gasteiger partial charge in [-0.25, -0.2) is 4.90 Å². The van der Waals surface area contributed by atoms with E-state index < -0.39 is 11.9 Å². The van der Waals surface area contributed by atoms with Crippen molar-refractivity contribution in [2.24, 2.45) is 41.4 Å². The standard InChI is InChI=1S/C30H28N2O5/c1-15-5-3-8-24(16(15)2)31-14-17(11-25(31)33)30(36)37-19-7-4-6-18(12-19)32-28(34)26-20-9-10-21(23-13-22(20)23)27(26)29(32)35/h3-10,12,17,20-23,26-27H,11,13-14H2,1-2H3/t17-,20+,21+,22+,23+,26-,27+/m1/s1. The van der Waals surface area contributed by atoms with Gasteiger partial charge in [-0.1, -0.05) is 30.4 Å². The molecule has 0 unspecified atom stereocenters. The minimum absolute atomic E-state index is 0.0798. The van der Waals surface area contributed by atoms with Crippen molar-refractivity contribution >= 4 is 35.1 Å². The number of hydrogen-bond donors (Lipinski definition) is 0. The molecule has 4 aliphatic carbocycles. The summed E-state index contributed by atoms with van der Waals surface area (Å²) in [6, 6.07) is 12.4. The predicted octanol–water partition coefficient (Wildman–Crippen LogP) is 3.82. The topological polar surface area (TPSA) is 84.0 Å². The summed E-state index contributed by atoms with van der Waals surface area (Å²) in [5, 5.41) is 0. The van der Waals surface area contributed by atoms with Gasteiger partial charge in [-0.15, -0.1) is 0 Å². The van der Waals surface area contributed by atoms with Crippen molar-refractivity contribution in [3.63, 3.8) is 0 Å². The van der Waals surface area contributed by atoms with Gasteiger partial charge < -0.3 is 9.64 Å². The summed E-state index contributed by atoms with van der Waals surface area (Å²) in [6.45, 7) is 4.22. The second kappa shape index (κ2) is 7.88. The Balaban J connectivity index is 1.08. The van der Waals surface area contributed by atoms with Crippen LogP contribution in [-0.2, 0) is 19.2 Å². The summed E-state index contributed by atoms with van der Waals surface area (Å²) in [5.41, 5.74) is 3.34. The Labute approximate surface area is 215 Å². The molecule has 7 atom stereocenters. The smallest absolute Gasteiger partial charge is 0.316 e. The Morgan fingerprint density at radius 2 is 1.59 bits per heavy atom. The molecule has 2 saturated heterocycles.